The molecule has 0 aromatic carbocycles. The molecule has 4 heterocycles. The van der Waals surface area contributed by atoms with E-state index in [0.29, 0.717) is 0 Å². The fourth-order valence-corrected chi connectivity index (χ4v) is 3.23. The highest BCUT2D eigenvalue weighted by atomic mass is 16.1. The molecule has 1 fully saturated rings. The van der Waals surface area contributed by atoms with Gasteiger partial charge < -0.3 is 15.1 Å². The fraction of sp³-hybridized carbons (Fsp3) is 0.389. The van der Waals surface area contributed by atoms with E-state index >= 15 is 0 Å². The smallest absolute Gasteiger partial charge is 0.227 e. The van der Waals surface area contributed by atoms with Crippen LogP contribution in [0.4, 0.5) is 17.3 Å². The quantitative estimate of drug-likeness (QED) is 0.747. The molecule has 0 bridgehead atoms. The molecule has 1 saturated heterocycles. The van der Waals surface area contributed by atoms with Crippen LogP contribution in [0, 0.1) is 5.92 Å². The number of hydrogen-bond acceptors (Lipinski definition) is 7. The lowest BCUT2D eigenvalue weighted by atomic mass is 9.96. The number of nitrogens with one attached hydrogen (secondary N) is 1. The summed E-state index contributed by atoms with van der Waals surface area (Å²) in [5.41, 5.74) is 1.45. The van der Waals surface area contributed by atoms with Gasteiger partial charge in [-0.2, -0.15) is 4.52 Å². The summed E-state index contributed by atoms with van der Waals surface area (Å²) < 4.78 is 1.67. The van der Waals surface area contributed by atoms with Crippen LogP contribution in [0.1, 0.15) is 12.8 Å². The molecule has 1 N–H and O–H groups in total. The molecule has 0 atom stereocenters. The third-order valence-electron chi connectivity index (χ3n) is 4.81. The molecule has 9 heteroatoms. The minimum atomic E-state index is -0.00609. The van der Waals surface area contributed by atoms with Gasteiger partial charge in [0, 0.05) is 33.1 Å². The Morgan fingerprint density at radius 2 is 2.00 bits per heavy atom. The van der Waals surface area contributed by atoms with Crippen molar-refractivity contribution in [3.8, 4) is 0 Å². The third-order valence-corrected chi connectivity index (χ3v) is 4.81. The Balaban J connectivity index is 1.34. The summed E-state index contributed by atoms with van der Waals surface area (Å²) in [6.45, 7) is 1.58. The number of piperidine rings is 1. The zero-order valence-electron chi connectivity index (χ0n) is 15.4. The van der Waals surface area contributed by atoms with E-state index in [2.05, 4.69) is 30.5 Å². The average Bonchev–Trinajstić information content (AvgIpc) is 3.16. The monoisotopic (exact) mass is 366 g/mol. The molecule has 140 valence electrons. The molecule has 0 aliphatic carbocycles. The number of rotatable bonds is 4. The van der Waals surface area contributed by atoms with Crippen LogP contribution in [0.15, 0.2) is 36.8 Å². The molecular weight excluding hydrogens is 344 g/mol. The Hall–Kier alpha value is -3.23. The molecule has 0 unspecified atom stereocenters. The summed E-state index contributed by atoms with van der Waals surface area (Å²) in [6.07, 6.45) is 4.86. The summed E-state index contributed by atoms with van der Waals surface area (Å²) in [6, 6.07) is 7.62. The fourth-order valence-electron chi connectivity index (χ4n) is 3.23. The molecule has 9 nitrogen and oxygen atoms in total. The van der Waals surface area contributed by atoms with Crippen molar-refractivity contribution in [2.45, 2.75) is 12.8 Å². The number of hydrogen-bond donors (Lipinski definition) is 1. The van der Waals surface area contributed by atoms with Crippen molar-refractivity contribution in [2.24, 2.45) is 5.92 Å². The van der Waals surface area contributed by atoms with Crippen LogP contribution < -0.4 is 15.1 Å². The van der Waals surface area contributed by atoms with Crippen LogP contribution in [0.3, 0.4) is 0 Å². The van der Waals surface area contributed by atoms with E-state index in [1.165, 1.54) is 0 Å². The first-order valence-electron chi connectivity index (χ1n) is 8.96. The number of aromatic nitrogens is 5. The van der Waals surface area contributed by atoms with Crippen molar-refractivity contribution in [1.82, 2.24) is 24.8 Å². The van der Waals surface area contributed by atoms with Gasteiger partial charge in [0.05, 0.1) is 11.9 Å². The number of carbonyl (C=O) groups excluding carboxylic acids is 1. The Morgan fingerprint density at radius 3 is 2.70 bits per heavy atom. The van der Waals surface area contributed by atoms with E-state index < -0.39 is 0 Å². The highest BCUT2D eigenvalue weighted by molar-refractivity contribution is 5.92. The zero-order chi connectivity index (χ0) is 18.8. The van der Waals surface area contributed by atoms with Gasteiger partial charge in [0.2, 0.25) is 5.91 Å². The zero-order valence-corrected chi connectivity index (χ0v) is 15.4. The van der Waals surface area contributed by atoms with Crippen molar-refractivity contribution >= 4 is 28.9 Å². The molecule has 1 aliphatic rings. The van der Waals surface area contributed by atoms with E-state index in [1.807, 2.05) is 43.3 Å². The van der Waals surface area contributed by atoms with E-state index in [1.54, 1.807) is 17.0 Å². The second kappa shape index (κ2) is 7.18. The molecule has 3 aromatic rings. The van der Waals surface area contributed by atoms with Crippen LogP contribution in [0.2, 0.25) is 0 Å². The van der Waals surface area contributed by atoms with Crippen LogP contribution in [0.25, 0.3) is 5.65 Å². The molecule has 0 saturated carbocycles. The van der Waals surface area contributed by atoms with Gasteiger partial charge >= 0.3 is 0 Å². The van der Waals surface area contributed by atoms with Crippen LogP contribution >= 0.6 is 0 Å². The van der Waals surface area contributed by atoms with Gasteiger partial charge in [0.1, 0.15) is 18.0 Å². The third kappa shape index (κ3) is 3.67. The normalized spacial score (nSPS) is 15.1. The highest BCUT2D eigenvalue weighted by Gasteiger charge is 2.26. The van der Waals surface area contributed by atoms with E-state index in [-0.39, 0.29) is 11.8 Å². The molecule has 3 aromatic heterocycles. The van der Waals surface area contributed by atoms with Crippen LogP contribution in [-0.2, 0) is 4.79 Å². The highest BCUT2D eigenvalue weighted by Crippen LogP contribution is 2.23. The lowest BCUT2D eigenvalue weighted by molar-refractivity contribution is -0.120. The van der Waals surface area contributed by atoms with Crippen molar-refractivity contribution in [3.05, 3.63) is 36.8 Å². The molecule has 0 spiro atoms. The minimum Gasteiger partial charge on any atom is -0.363 e. The Labute approximate surface area is 157 Å². The second-order valence-corrected chi connectivity index (χ2v) is 6.88. The summed E-state index contributed by atoms with van der Waals surface area (Å²) in [7, 11) is 3.87. The predicted molar refractivity (Wildman–Crippen MR) is 103 cm³/mol. The van der Waals surface area contributed by atoms with Gasteiger partial charge in [0.15, 0.2) is 5.65 Å². The number of pyridine rings is 1. The van der Waals surface area contributed by atoms with Crippen molar-refractivity contribution in [3.63, 3.8) is 0 Å². The van der Waals surface area contributed by atoms with Gasteiger partial charge in [-0.25, -0.2) is 4.98 Å². The average molecular weight is 366 g/mol. The maximum absolute atomic E-state index is 12.6. The number of fused-ring (bicyclic) bond motifs is 1. The predicted octanol–water partition coefficient (Wildman–Crippen LogP) is 1.44. The van der Waals surface area contributed by atoms with E-state index in [4.69, 9.17) is 0 Å². The lowest BCUT2D eigenvalue weighted by Gasteiger charge is -2.32. The maximum Gasteiger partial charge on any atom is 0.227 e. The standard InChI is InChI=1S/C18H22N8O/c1-24(2)15-4-3-14(11-19-15)21-18(27)13-7-9-25(10-8-13)17-6-5-16-22-20-12-26(16)23-17/h3-6,11-13H,7-10H2,1-2H3,(H,21,27). The van der Waals surface area contributed by atoms with Gasteiger partial charge in [-0.15, -0.1) is 15.3 Å². The first-order valence-corrected chi connectivity index (χ1v) is 8.96. The SMILES string of the molecule is CN(C)c1ccc(NC(=O)C2CCN(c3ccc4nncn4n3)CC2)cn1. The van der Waals surface area contributed by atoms with Gasteiger partial charge in [-0.05, 0) is 37.1 Å². The van der Waals surface area contributed by atoms with Gasteiger partial charge in [0.25, 0.3) is 0 Å². The maximum atomic E-state index is 12.6. The summed E-state index contributed by atoms with van der Waals surface area (Å²) in [4.78, 5) is 21.0. The number of nitrogens with zero attached hydrogens (tertiary/aromatic N) is 7. The summed E-state index contributed by atoms with van der Waals surface area (Å²) >= 11 is 0. The minimum absolute atomic E-state index is 0.00609. The van der Waals surface area contributed by atoms with Crippen LogP contribution in [0.5, 0.6) is 0 Å². The summed E-state index contributed by atoms with van der Waals surface area (Å²) in [5.74, 6) is 1.79. The van der Waals surface area contributed by atoms with Crippen molar-refractivity contribution in [1.29, 1.82) is 0 Å². The molecule has 4 rings (SSSR count). The number of amides is 1. The van der Waals surface area contributed by atoms with Gasteiger partial charge in [-0.1, -0.05) is 0 Å². The number of carbonyl (C=O) groups is 1. The second-order valence-electron chi connectivity index (χ2n) is 6.88. The summed E-state index contributed by atoms with van der Waals surface area (Å²) in [5, 5.41) is 15.3. The largest absolute Gasteiger partial charge is 0.363 e. The number of anilines is 3. The Kier molecular flexibility index (Phi) is 4.57. The molecule has 27 heavy (non-hydrogen) atoms. The Morgan fingerprint density at radius 1 is 1.19 bits per heavy atom. The first-order chi connectivity index (χ1) is 13.1. The molecular formula is C18H22N8O. The Bertz CT molecular complexity index is 928. The topological polar surface area (TPSA) is 91.6 Å². The van der Waals surface area contributed by atoms with Crippen LogP contribution in [-0.4, -0.2) is 57.9 Å². The van der Waals surface area contributed by atoms with Gasteiger partial charge in [-0.3, -0.25) is 4.79 Å². The molecule has 1 amide bonds. The first kappa shape index (κ1) is 17.2. The van der Waals surface area contributed by atoms with E-state index in [0.717, 1.165) is 48.9 Å². The molecule has 1 aliphatic heterocycles. The molecule has 0 radical (unpaired) electrons. The van der Waals surface area contributed by atoms with Crippen molar-refractivity contribution in [2.75, 3.05) is 42.3 Å². The van der Waals surface area contributed by atoms with E-state index in [9.17, 15) is 4.79 Å². The van der Waals surface area contributed by atoms with Crippen molar-refractivity contribution < 1.29 is 4.79 Å². The lowest BCUT2D eigenvalue weighted by Crippen LogP contribution is -2.38.